The molecular formula is C25H38F16N2O6. The summed E-state index contributed by atoms with van der Waals surface area (Å²) < 4.78 is 185. The summed E-state index contributed by atoms with van der Waals surface area (Å²) >= 11 is 0. The first-order chi connectivity index (χ1) is 22.3. The van der Waals surface area contributed by atoms with Gasteiger partial charge in [0.2, 0.25) is 11.8 Å². The number of carbonyl (C=O) groups excluding carboxylic acids is 2. The van der Waals surface area contributed by atoms with E-state index in [0.29, 0.717) is 25.8 Å². The molecule has 0 aliphatic heterocycles. The van der Waals surface area contributed by atoms with Crippen LogP contribution in [0.25, 0.3) is 0 Å². The Hall–Kier alpha value is -2.86. The number of halogens is 16. The van der Waals surface area contributed by atoms with Crippen molar-refractivity contribution in [3.63, 3.8) is 0 Å². The molecule has 0 bridgehead atoms. The Bertz CT molecular complexity index is 792. The van der Waals surface area contributed by atoms with Gasteiger partial charge in [0.1, 0.15) is 19.6 Å². The van der Waals surface area contributed by atoms with E-state index in [1.165, 1.54) is 13.1 Å². The highest BCUT2D eigenvalue weighted by Crippen LogP contribution is 2.20. The summed E-state index contributed by atoms with van der Waals surface area (Å²) in [6.45, 7) is 0.904. The van der Waals surface area contributed by atoms with Crippen molar-refractivity contribution in [1.29, 1.82) is 0 Å². The van der Waals surface area contributed by atoms with Crippen molar-refractivity contribution in [3.8, 4) is 0 Å². The zero-order valence-corrected chi connectivity index (χ0v) is 26.2. The number of carbonyl (C=O) groups is 2. The smallest absolute Gasteiger partial charge is 0.342 e. The minimum Gasteiger partial charge on any atom is -0.342 e. The third-order valence-corrected chi connectivity index (χ3v) is 3.98. The van der Waals surface area contributed by atoms with E-state index in [9.17, 15) is 80.1 Å². The Labute approximate surface area is 271 Å². The van der Waals surface area contributed by atoms with Crippen molar-refractivity contribution < 1.29 is 99.5 Å². The summed E-state index contributed by atoms with van der Waals surface area (Å²) in [7, 11) is 3.02. The van der Waals surface area contributed by atoms with Gasteiger partial charge in [0.05, 0.1) is 19.7 Å². The number of hydrogen-bond donors (Lipinski definition) is 0. The van der Waals surface area contributed by atoms with Gasteiger partial charge in [-0.05, 0) is 21.9 Å². The summed E-state index contributed by atoms with van der Waals surface area (Å²) in [6, 6.07) is 0. The highest BCUT2D eigenvalue weighted by molar-refractivity contribution is 5.76. The molecule has 0 aromatic rings. The first kappa shape index (κ1) is 55.5. The van der Waals surface area contributed by atoms with Gasteiger partial charge in [-0.2, -0.15) is 62.6 Å². The van der Waals surface area contributed by atoms with Gasteiger partial charge in [-0.25, -0.2) is 4.39 Å². The summed E-state index contributed by atoms with van der Waals surface area (Å²) in [5, 5.41) is 0. The van der Waals surface area contributed by atoms with Crippen LogP contribution in [0.2, 0.25) is 0 Å². The van der Waals surface area contributed by atoms with E-state index in [1.807, 2.05) is 0 Å². The van der Waals surface area contributed by atoms with Crippen LogP contribution in [0.15, 0.2) is 25.3 Å². The molecule has 0 unspecified atom stereocenters. The van der Waals surface area contributed by atoms with Crippen LogP contribution in [0.4, 0.5) is 70.5 Å². The lowest BCUT2D eigenvalue weighted by Gasteiger charge is -2.15. The van der Waals surface area contributed by atoms with Gasteiger partial charge in [-0.15, -0.1) is 13.2 Å². The van der Waals surface area contributed by atoms with Crippen LogP contribution in [0.5, 0.6) is 0 Å². The molecule has 0 heterocycles. The van der Waals surface area contributed by atoms with Gasteiger partial charge in [0.25, 0.3) is 0 Å². The molecule has 0 saturated heterocycles. The third-order valence-electron chi connectivity index (χ3n) is 3.98. The van der Waals surface area contributed by atoms with E-state index in [-0.39, 0.29) is 19.1 Å². The molecule has 0 N–H and O–H groups in total. The maximum absolute atomic E-state index is 11.7. The maximum atomic E-state index is 11.7. The van der Waals surface area contributed by atoms with Gasteiger partial charge < -0.3 is 19.3 Å². The molecule has 0 aliphatic rings. The fourth-order valence-corrected chi connectivity index (χ4v) is 1.96. The molecule has 0 saturated carbocycles. The predicted octanol–water partition coefficient (Wildman–Crippen LogP) is 8.11. The topological polar surface area (TPSA) is 77.5 Å². The van der Waals surface area contributed by atoms with Crippen molar-refractivity contribution in [1.82, 2.24) is 9.80 Å². The first-order valence-corrected chi connectivity index (χ1v) is 13.0. The molecule has 0 atom stereocenters. The SMILES string of the molecule is C=CCN(C)C(=O)CC(F)(F)F.C=CCN(C)C(=O)CCCCF.FCOCC(F)(F)F.FOCCC(F)(F)F.FOCOCC(F)(F)F. The lowest BCUT2D eigenvalue weighted by Crippen LogP contribution is -2.30. The first-order valence-electron chi connectivity index (χ1n) is 13.0. The number of nitrogens with zero attached hydrogens (tertiary/aromatic N) is 2. The molecule has 0 aromatic carbocycles. The van der Waals surface area contributed by atoms with Gasteiger partial charge in [0, 0.05) is 33.6 Å². The van der Waals surface area contributed by atoms with Crippen LogP contribution in [0, 0.1) is 0 Å². The fourth-order valence-electron chi connectivity index (χ4n) is 1.96. The van der Waals surface area contributed by atoms with Crippen molar-refractivity contribution >= 4 is 11.8 Å². The van der Waals surface area contributed by atoms with Gasteiger partial charge in [-0.3, -0.25) is 14.0 Å². The minimum absolute atomic E-state index is 0.0587. The number of likely N-dealkylation sites (N-methyl/N-ethyl adjacent to an activating group) is 2. The average molecular weight is 767 g/mol. The zero-order valence-electron chi connectivity index (χ0n) is 26.2. The van der Waals surface area contributed by atoms with Crippen LogP contribution in [-0.4, -0.2) is 114 Å². The largest absolute Gasteiger partial charge is 0.411 e. The standard InChI is InChI=1S/C9H16FNO.C7H10F3NO.C3H4F4O2.2C3H4F4O/c1-3-8-11(2)9(12)6-4-5-7-10;1-3-4-11(2)6(12)5-7(8,9)10;4-3(5,6)1-8-2-9-7;4-2-8-1-3(5,6)7;4-3(5,6)1-2-8-7/h3H,1,4-8H2,2H3;3H,1,4-5H2,2H3;1-2H2;2*1-2H2. The number of ether oxygens (including phenoxy) is 2. The summed E-state index contributed by atoms with van der Waals surface area (Å²) in [5.74, 6) is -0.884. The van der Waals surface area contributed by atoms with Crippen LogP contribution in [0.1, 0.15) is 32.1 Å². The molecule has 49 heavy (non-hydrogen) atoms. The molecule has 0 aliphatic carbocycles. The molecule has 296 valence electrons. The van der Waals surface area contributed by atoms with Gasteiger partial charge in [0.15, 0.2) is 13.7 Å². The molecule has 8 nitrogen and oxygen atoms in total. The van der Waals surface area contributed by atoms with E-state index in [4.69, 9.17) is 0 Å². The Morgan fingerprint density at radius 1 is 0.653 bits per heavy atom. The van der Waals surface area contributed by atoms with Crippen LogP contribution < -0.4 is 0 Å². The molecule has 24 heteroatoms. The predicted molar refractivity (Wildman–Crippen MR) is 141 cm³/mol. The normalized spacial score (nSPS) is 11.1. The summed E-state index contributed by atoms with van der Waals surface area (Å²) in [5.41, 5.74) is 0. The zero-order chi connectivity index (χ0) is 39.7. The Balaban J connectivity index is -0.000000167. The van der Waals surface area contributed by atoms with Crippen molar-refractivity contribution in [3.05, 3.63) is 25.3 Å². The molecule has 2 amide bonds. The minimum atomic E-state index is -4.42. The molecule has 0 fully saturated rings. The lowest BCUT2D eigenvalue weighted by atomic mass is 10.2. The second-order valence-corrected chi connectivity index (χ2v) is 8.51. The fraction of sp³-hybridized carbons (Fsp3) is 0.760. The highest BCUT2D eigenvalue weighted by atomic mass is 19.4. The quantitative estimate of drug-likeness (QED) is 0.0685. The van der Waals surface area contributed by atoms with E-state index in [0.717, 1.165) is 4.90 Å². The number of amides is 2. The Morgan fingerprint density at radius 3 is 1.39 bits per heavy atom. The second-order valence-electron chi connectivity index (χ2n) is 8.51. The third kappa shape index (κ3) is 60.9. The molecule has 0 aromatic heterocycles. The van der Waals surface area contributed by atoms with Crippen molar-refractivity contribution in [2.24, 2.45) is 0 Å². The molecule has 0 rings (SSSR count). The van der Waals surface area contributed by atoms with Crippen molar-refractivity contribution in [2.75, 3.05) is 67.3 Å². The van der Waals surface area contributed by atoms with Crippen LogP contribution in [-0.2, 0) is 28.9 Å². The molecule has 0 radical (unpaired) electrons. The number of alkyl halides is 14. The maximum Gasteiger partial charge on any atom is 0.411 e. The van der Waals surface area contributed by atoms with E-state index in [1.54, 1.807) is 18.0 Å². The average Bonchev–Trinajstić information content (AvgIpc) is 2.94. The summed E-state index contributed by atoms with van der Waals surface area (Å²) in [4.78, 5) is 29.8. The van der Waals surface area contributed by atoms with Crippen LogP contribution in [0.3, 0.4) is 0 Å². The number of hydrogen-bond acceptors (Lipinski definition) is 6. The molecular weight excluding hydrogens is 728 g/mol. The van der Waals surface area contributed by atoms with E-state index >= 15 is 0 Å². The van der Waals surface area contributed by atoms with Crippen molar-refractivity contribution in [2.45, 2.75) is 56.8 Å². The second kappa shape index (κ2) is 32.4. The van der Waals surface area contributed by atoms with Gasteiger partial charge in [-0.1, -0.05) is 12.2 Å². The van der Waals surface area contributed by atoms with Crippen LogP contribution >= 0.6 is 0 Å². The van der Waals surface area contributed by atoms with Gasteiger partial charge >= 0.3 is 24.7 Å². The number of unbranched alkanes of at least 4 members (excludes halogenated alkanes) is 1. The molecule has 0 spiro atoms. The summed E-state index contributed by atoms with van der Waals surface area (Å²) in [6.07, 6.45) is -15.6. The van der Waals surface area contributed by atoms with E-state index < -0.39 is 76.9 Å². The number of rotatable bonds is 16. The highest BCUT2D eigenvalue weighted by Gasteiger charge is 2.32. The Kier molecular flexibility index (Phi) is 36.7. The Morgan fingerprint density at radius 2 is 1.10 bits per heavy atom. The lowest BCUT2D eigenvalue weighted by molar-refractivity contribution is -0.249. The monoisotopic (exact) mass is 766 g/mol. The van der Waals surface area contributed by atoms with E-state index in [2.05, 4.69) is 32.5 Å².